The third-order valence-electron chi connectivity index (χ3n) is 6.37. The number of hydrogen-bond acceptors (Lipinski definition) is 3. The van der Waals surface area contributed by atoms with Gasteiger partial charge in [-0.2, -0.15) is 0 Å². The molecule has 5 aromatic rings. The minimum atomic E-state index is -0.258. The van der Waals surface area contributed by atoms with Gasteiger partial charge in [0.1, 0.15) is 23.1 Å². The third-order valence-corrected chi connectivity index (χ3v) is 6.37. The molecule has 164 valence electrons. The first-order valence-electron chi connectivity index (χ1n) is 10.9. The number of hydrogen-bond donors (Lipinski definition) is 1. The fourth-order valence-electron chi connectivity index (χ4n) is 4.73. The Morgan fingerprint density at radius 3 is 2.30 bits per heavy atom. The number of fused-ring (bicyclic) bond motifs is 5. The Bertz CT molecular complexity index is 1480. The van der Waals surface area contributed by atoms with Crippen LogP contribution in [0.1, 0.15) is 5.56 Å². The first-order valence-corrected chi connectivity index (χ1v) is 10.9. The van der Waals surface area contributed by atoms with Crippen molar-refractivity contribution in [1.82, 2.24) is 14.5 Å². The Hall–Kier alpha value is -4.06. The van der Waals surface area contributed by atoms with Crippen LogP contribution in [-0.4, -0.2) is 28.8 Å². The molecule has 0 spiro atoms. The molecule has 0 saturated carbocycles. The molecule has 0 aliphatic carbocycles. The summed E-state index contributed by atoms with van der Waals surface area (Å²) >= 11 is 0. The number of nitrogens with zero attached hydrogens (tertiary/aromatic N) is 2. The zero-order valence-corrected chi connectivity index (χ0v) is 18.4. The lowest BCUT2D eigenvalue weighted by atomic mass is 9.99. The van der Waals surface area contributed by atoms with Crippen molar-refractivity contribution in [2.75, 3.05) is 14.2 Å². The van der Waals surface area contributed by atoms with Gasteiger partial charge < -0.3 is 19.0 Å². The topological polar surface area (TPSA) is 52.1 Å². The number of aromatic nitrogens is 3. The maximum atomic E-state index is 13.6. The fraction of sp³-hybridized carbons (Fsp3) is 0.148. The molecule has 1 N–H and O–H groups in total. The van der Waals surface area contributed by atoms with Crippen LogP contribution in [0.25, 0.3) is 44.9 Å². The average Bonchev–Trinajstić information content (AvgIpc) is 3.43. The van der Waals surface area contributed by atoms with E-state index >= 15 is 0 Å². The van der Waals surface area contributed by atoms with E-state index in [9.17, 15) is 4.39 Å². The van der Waals surface area contributed by atoms with Crippen LogP contribution >= 0.6 is 0 Å². The van der Waals surface area contributed by atoms with Crippen molar-refractivity contribution in [2.24, 2.45) is 0 Å². The van der Waals surface area contributed by atoms with Gasteiger partial charge in [-0.15, -0.1) is 0 Å². The molecular weight excluding hydrogens is 417 g/mol. The van der Waals surface area contributed by atoms with E-state index in [0.717, 1.165) is 64.0 Å². The first-order chi connectivity index (χ1) is 16.2. The van der Waals surface area contributed by atoms with Gasteiger partial charge in [0.25, 0.3) is 0 Å². The molecule has 1 aliphatic rings. The second-order valence-corrected chi connectivity index (χ2v) is 8.16. The highest BCUT2D eigenvalue weighted by Crippen LogP contribution is 2.43. The number of H-pyrrole nitrogens is 1. The van der Waals surface area contributed by atoms with Gasteiger partial charge in [0.15, 0.2) is 0 Å². The number of halogens is 1. The summed E-state index contributed by atoms with van der Waals surface area (Å²) in [6, 6.07) is 20.6. The molecule has 0 amide bonds. The molecule has 0 saturated heterocycles. The molecule has 0 bridgehead atoms. The van der Waals surface area contributed by atoms with Gasteiger partial charge >= 0.3 is 0 Å². The summed E-state index contributed by atoms with van der Waals surface area (Å²) in [4.78, 5) is 8.70. The quantitative estimate of drug-likeness (QED) is 0.369. The molecule has 3 heterocycles. The van der Waals surface area contributed by atoms with Gasteiger partial charge in [-0.25, -0.2) is 9.37 Å². The Morgan fingerprint density at radius 1 is 0.879 bits per heavy atom. The highest BCUT2D eigenvalue weighted by molar-refractivity contribution is 5.95. The molecule has 33 heavy (non-hydrogen) atoms. The predicted octanol–water partition coefficient (Wildman–Crippen LogP) is 6.08. The van der Waals surface area contributed by atoms with E-state index in [4.69, 9.17) is 14.5 Å². The van der Waals surface area contributed by atoms with Crippen LogP contribution in [0.15, 0.2) is 66.7 Å². The van der Waals surface area contributed by atoms with Crippen molar-refractivity contribution < 1.29 is 13.9 Å². The molecule has 0 radical (unpaired) electrons. The second kappa shape index (κ2) is 7.52. The normalized spacial score (nSPS) is 12.5. The van der Waals surface area contributed by atoms with E-state index in [-0.39, 0.29) is 5.82 Å². The summed E-state index contributed by atoms with van der Waals surface area (Å²) < 4.78 is 26.7. The minimum absolute atomic E-state index is 0.258. The lowest BCUT2D eigenvalue weighted by Gasteiger charge is -2.19. The van der Waals surface area contributed by atoms with Gasteiger partial charge in [0.05, 0.1) is 31.3 Å². The molecule has 1 aliphatic heterocycles. The van der Waals surface area contributed by atoms with Crippen LogP contribution in [0.5, 0.6) is 11.5 Å². The molecule has 2 aromatic heterocycles. The van der Waals surface area contributed by atoms with Gasteiger partial charge in [0, 0.05) is 28.6 Å². The summed E-state index contributed by atoms with van der Waals surface area (Å²) in [6.07, 6.45) is 0.863. The van der Waals surface area contributed by atoms with Crippen LogP contribution < -0.4 is 9.47 Å². The molecule has 6 heteroatoms. The largest absolute Gasteiger partial charge is 0.497 e. The highest BCUT2D eigenvalue weighted by Gasteiger charge is 2.29. The van der Waals surface area contributed by atoms with Crippen molar-refractivity contribution in [3.8, 4) is 45.5 Å². The molecule has 0 fully saturated rings. The van der Waals surface area contributed by atoms with Crippen LogP contribution in [-0.2, 0) is 13.0 Å². The summed E-state index contributed by atoms with van der Waals surface area (Å²) in [5.74, 6) is 2.21. The van der Waals surface area contributed by atoms with Gasteiger partial charge in [-0.05, 0) is 78.7 Å². The molecule has 5 nitrogen and oxygen atoms in total. The van der Waals surface area contributed by atoms with Crippen molar-refractivity contribution >= 4 is 10.9 Å². The first kappa shape index (κ1) is 19.6. The molecule has 0 unspecified atom stereocenters. The van der Waals surface area contributed by atoms with E-state index in [0.29, 0.717) is 0 Å². The SMILES string of the molecule is COc1ccc(-c2nc(-c3ccc(F)cc3)n3c2-c2[nH]c4ccc(OC)cc4c2CC3)cc1. The van der Waals surface area contributed by atoms with E-state index in [1.54, 1.807) is 26.4 Å². The van der Waals surface area contributed by atoms with Crippen molar-refractivity contribution in [1.29, 1.82) is 0 Å². The number of rotatable bonds is 4. The summed E-state index contributed by atoms with van der Waals surface area (Å²) in [6.45, 7) is 0.780. The van der Waals surface area contributed by atoms with E-state index in [1.807, 2.05) is 30.3 Å². The van der Waals surface area contributed by atoms with Crippen LogP contribution in [0, 0.1) is 5.82 Å². The molecule has 0 atom stereocenters. The number of methoxy groups -OCH3 is 2. The summed E-state index contributed by atoms with van der Waals surface area (Å²) in [5, 5.41) is 1.17. The molecule has 3 aromatic carbocycles. The standard InChI is InChI=1S/C27H22FN3O2/c1-32-19-9-5-16(6-10-19)24-26-25-21(22-15-20(33-2)11-12-23(22)29-25)13-14-31(26)27(30-24)17-3-7-18(28)8-4-17/h3-12,15,29H,13-14H2,1-2H3. The smallest absolute Gasteiger partial charge is 0.141 e. The maximum Gasteiger partial charge on any atom is 0.141 e. The molecule has 6 rings (SSSR count). The van der Waals surface area contributed by atoms with E-state index in [2.05, 4.69) is 21.7 Å². The van der Waals surface area contributed by atoms with Crippen LogP contribution in [0.2, 0.25) is 0 Å². The second-order valence-electron chi connectivity index (χ2n) is 8.16. The predicted molar refractivity (Wildman–Crippen MR) is 127 cm³/mol. The number of ether oxygens (including phenoxy) is 2. The Kier molecular flexibility index (Phi) is 4.47. The summed E-state index contributed by atoms with van der Waals surface area (Å²) in [5.41, 5.74) is 7.20. The lowest BCUT2D eigenvalue weighted by Crippen LogP contribution is -2.11. The zero-order chi connectivity index (χ0) is 22.5. The van der Waals surface area contributed by atoms with Crippen molar-refractivity contribution in [3.63, 3.8) is 0 Å². The summed E-state index contributed by atoms with van der Waals surface area (Å²) in [7, 11) is 3.34. The van der Waals surface area contributed by atoms with Gasteiger partial charge in [0.2, 0.25) is 0 Å². The van der Waals surface area contributed by atoms with E-state index in [1.165, 1.54) is 23.1 Å². The Labute approximate surface area is 190 Å². The van der Waals surface area contributed by atoms with Crippen molar-refractivity contribution in [2.45, 2.75) is 13.0 Å². The number of benzene rings is 3. The van der Waals surface area contributed by atoms with Crippen LogP contribution in [0.3, 0.4) is 0 Å². The van der Waals surface area contributed by atoms with Gasteiger partial charge in [-0.3, -0.25) is 0 Å². The Balaban J connectivity index is 1.61. The lowest BCUT2D eigenvalue weighted by molar-refractivity contribution is 0.415. The van der Waals surface area contributed by atoms with Crippen molar-refractivity contribution in [3.05, 3.63) is 78.1 Å². The Morgan fingerprint density at radius 2 is 1.58 bits per heavy atom. The number of aryl methyl sites for hydroxylation is 1. The maximum absolute atomic E-state index is 13.6. The van der Waals surface area contributed by atoms with E-state index < -0.39 is 0 Å². The van der Waals surface area contributed by atoms with Gasteiger partial charge in [-0.1, -0.05) is 0 Å². The number of aromatic amines is 1. The average molecular weight is 439 g/mol. The third kappa shape index (κ3) is 3.09. The molecular formula is C27H22FN3O2. The minimum Gasteiger partial charge on any atom is -0.497 e. The number of imidazole rings is 1. The number of nitrogens with one attached hydrogen (secondary N) is 1. The monoisotopic (exact) mass is 439 g/mol. The van der Waals surface area contributed by atoms with Crippen LogP contribution in [0.4, 0.5) is 4.39 Å². The highest BCUT2D eigenvalue weighted by atomic mass is 19.1. The zero-order valence-electron chi connectivity index (χ0n) is 18.4. The fourth-order valence-corrected chi connectivity index (χ4v) is 4.73.